The number of urea groups is 1. The molecule has 1 N–H and O–H groups in total. The van der Waals surface area contributed by atoms with Crippen LogP contribution in [0.3, 0.4) is 0 Å². The molecule has 0 aromatic heterocycles. The third kappa shape index (κ3) is 2.29. The molecule has 0 radical (unpaired) electrons. The smallest absolute Gasteiger partial charge is 0.319 e. The summed E-state index contributed by atoms with van der Waals surface area (Å²) in [5.41, 5.74) is 0. The lowest BCUT2D eigenvalue weighted by Gasteiger charge is -2.36. The Bertz CT molecular complexity index is 345. The van der Waals surface area contributed by atoms with Crippen LogP contribution in [-0.2, 0) is 9.53 Å². The molecule has 2 saturated heterocycles. The summed E-state index contributed by atoms with van der Waals surface area (Å²) < 4.78 is 5.80. The lowest BCUT2D eigenvalue weighted by molar-refractivity contribution is -0.142. The van der Waals surface area contributed by atoms with Crippen LogP contribution in [0.5, 0.6) is 0 Å². The first-order valence-corrected chi connectivity index (χ1v) is 6.39. The summed E-state index contributed by atoms with van der Waals surface area (Å²) in [5.74, 6) is -0.0640. The molecule has 2 fully saturated rings. The molecule has 18 heavy (non-hydrogen) atoms. The van der Waals surface area contributed by atoms with Crippen molar-refractivity contribution in [3.8, 4) is 0 Å². The fraction of sp³-hybridized carbons (Fsp3) is 0.833. The predicted octanol–water partition coefficient (Wildman–Crippen LogP) is 0.0359. The predicted molar refractivity (Wildman–Crippen MR) is 66.2 cm³/mol. The van der Waals surface area contributed by atoms with E-state index in [0.29, 0.717) is 13.0 Å². The van der Waals surface area contributed by atoms with Crippen LogP contribution in [-0.4, -0.2) is 67.7 Å². The van der Waals surface area contributed by atoms with Crippen LogP contribution in [0.25, 0.3) is 0 Å². The molecule has 2 heterocycles. The second-order valence-corrected chi connectivity index (χ2v) is 5.08. The molecule has 6 heteroatoms. The number of nitrogens with one attached hydrogen (secondary N) is 1. The molecule has 0 aliphatic carbocycles. The SMILES string of the molecule is CNC(=O)[C@H]1CC[C@@H]2[C@@H](CCN2C(=O)N(C)C)O1. The first-order chi connectivity index (χ1) is 8.54. The average Bonchev–Trinajstić information content (AvgIpc) is 2.79. The summed E-state index contributed by atoms with van der Waals surface area (Å²) in [6.45, 7) is 0.715. The van der Waals surface area contributed by atoms with Crippen molar-refractivity contribution >= 4 is 11.9 Å². The second-order valence-electron chi connectivity index (χ2n) is 5.08. The molecule has 3 amide bonds. The van der Waals surface area contributed by atoms with Crippen molar-refractivity contribution in [3.63, 3.8) is 0 Å². The van der Waals surface area contributed by atoms with Gasteiger partial charge in [-0.3, -0.25) is 4.79 Å². The third-order valence-corrected chi connectivity index (χ3v) is 3.71. The molecule has 0 saturated carbocycles. The minimum Gasteiger partial charge on any atom is -0.363 e. The highest BCUT2D eigenvalue weighted by Crippen LogP contribution is 2.31. The van der Waals surface area contributed by atoms with Crippen molar-refractivity contribution in [3.05, 3.63) is 0 Å². The molecule has 102 valence electrons. The van der Waals surface area contributed by atoms with Gasteiger partial charge in [0.25, 0.3) is 0 Å². The van der Waals surface area contributed by atoms with Crippen molar-refractivity contribution in [2.75, 3.05) is 27.7 Å². The van der Waals surface area contributed by atoms with Crippen molar-refractivity contribution < 1.29 is 14.3 Å². The Kier molecular flexibility index (Phi) is 3.75. The van der Waals surface area contributed by atoms with E-state index < -0.39 is 0 Å². The van der Waals surface area contributed by atoms with Crippen molar-refractivity contribution in [2.24, 2.45) is 0 Å². The van der Waals surface area contributed by atoms with Crippen LogP contribution in [0.1, 0.15) is 19.3 Å². The third-order valence-electron chi connectivity index (χ3n) is 3.71. The number of hydrogen-bond acceptors (Lipinski definition) is 3. The number of nitrogens with zero attached hydrogens (tertiary/aromatic N) is 2. The highest BCUT2D eigenvalue weighted by atomic mass is 16.5. The zero-order chi connectivity index (χ0) is 13.3. The minimum absolute atomic E-state index is 0.00458. The first-order valence-electron chi connectivity index (χ1n) is 6.39. The van der Waals surface area contributed by atoms with Gasteiger partial charge < -0.3 is 19.9 Å². The van der Waals surface area contributed by atoms with Gasteiger partial charge in [0.2, 0.25) is 5.91 Å². The van der Waals surface area contributed by atoms with Gasteiger partial charge in [-0.2, -0.15) is 0 Å². The van der Waals surface area contributed by atoms with E-state index in [1.54, 1.807) is 26.0 Å². The Morgan fingerprint density at radius 1 is 1.28 bits per heavy atom. The molecular weight excluding hydrogens is 234 g/mol. The molecule has 2 aliphatic heterocycles. The number of likely N-dealkylation sites (N-methyl/N-ethyl adjacent to an activating group) is 1. The maximum absolute atomic E-state index is 12.0. The van der Waals surface area contributed by atoms with Gasteiger partial charge in [0, 0.05) is 27.7 Å². The quantitative estimate of drug-likeness (QED) is 0.719. The molecule has 0 spiro atoms. The van der Waals surface area contributed by atoms with Crippen LogP contribution < -0.4 is 5.32 Å². The largest absolute Gasteiger partial charge is 0.363 e. The molecule has 0 unspecified atom stereocenters. The van der Waals surface area contributed by atoms with Crippen molar-refractivity contribution in [2.45, 2.75) is 37.5 Å². The van der Waals surface area contributed by atoms with Crippen LogP contribution in [0, 0.1) is 0 Å². The summed E-state index contributed by atoms with van der Waals surface area (Å²) in [7, 11) is 5.13. The molecule has 2 aliphatic rings. The second kappa shape index (κ2) is 5.14. The minimum atomic E-state index is -0.356. The first kappa shape index (κ1) is 13.1. The van der Waals surface area contributed by atoms with E-state index >= 15 is 0 Å². The Balaban J connectivity index is 1.99. The van der Waals surface area contributed by atoms with E-state index in [-0.39, 0.29) is 30.2 Å². The molecule has 2 rings (SSSR count). The standard InChI is InChI=1S/C12H21N3O3/c1-13-11(16)10-5-4-8-9(18-10)6-7-15(8)12(17)14(2)3/h8-10H,4-7H2,1-3H3,(H,13,16)/t8-,9-,10-/m1/s1. The summed E-state index contributed by atoms with van der Waals surface area (Å²) in [6.07, 6.45) is 1.98. The monoisotopic (exact) mass is 255 g/mol. The topological polar surface area (TPSA) is 61.9 Å². The van der Waals surface area contributed by atoms with E-state index in [4.69, 9.17) is 4.74 Å². The van der Waals surface area contributed by atoms with E-state index in [0.717, 1.165) is 12.8 Å². The van der Waals surface area contributed by atoms with E-state index in [9.17, 15) is 9.59 Å². The average molecular weight is 255 g/mol. The van der Waals surface area contributed by atoms with Gasteiger partial charge in [0.15, 0.2) is 0 Å². The van der Waals surface area contributed by atoms with Crippen molar-refractivity contribution in [1.82, 2.24) is 15.1 Å². The van der Waals surface area contributed by atoms with Crippen molar-refractivity contribution in [1.29, 1.82) is 0 Å². The number of likely N-dealkylation sites (tertiary alicyclic amines) is 1. The Hall–Kier alpha value is -1.30. The number of carbonyl (C=O) groups excluding carboxylic acids is 2. The summed E-state index contributed by atoms with van der Waals surface area (Å²) in [6, 6.07) is 0.158. The Morgan fingerprint density at radius 2 is 2.00 bits per heavy atom. The molecular formula is C12H21N3O3. The van der Waals surface area contributed by atoms with Crippen LogP contribution in [0.2, 0.25) is 0 Å². The maximum Gasteiger partial charge on any atom is 0.319 e. The zero-order valence-corrected chi connectivity index (χ0v) is 11.2. The lowest BCUT2D eigenvalue weighted by Crippen LogP contribution is -2.50. The molecule has 0 aromatic carbocycles. The number of rotatable bonds is 1. The molecule has 3 atom stereocenters. The van der Waals surface area contributed by atoms with Gasteiger partial charge >= 0.3 is 6.03 Å². The fourth-order valence-electron chi connectivity index (χ4n) is 2.78. The van der Waals surface area contributed by atoms with E-state index in [1.165, 1.54) is 0 Å². The lowest BCUT2D eigenvalue weighted by atomic mass is 9.99. The number of ether oxygens (including phenoxy) is 1. The molecule has 0 aromatic rings. The Morgan fingerprint density at radius 3 is 2.61 bits per heavy atom. The van der Waals surface area contributed by atoms with Gasteiger partial charge in [-0.05, 0) is 19.3 Å². The van der Waals surface area contributed by atoms with E-state index in [2.05, 4.69) is 5.32 Å². The Labute approximate surface area is 107 Å². The molecule has 0 bridgehead atoms. The maximum atomic E-state index is 12.0. The van der Waals surface area contributed by atoms with E-state index in [1.807, 2.05) is 4.90 Å². The van der Waals surface area contributed by atoms with Crippen LogP contribution in [0.4, 0.5) is 4.79 Å². The highest BCUT2D eigenvalue weighted by molar-refractivity contribution is 5.80. The van der Waals surface area contributed by atoms with Gasteiger partial charge in [0.1, 0.15) is 6.10 Å². The van der Waals surface area contributed by atoms with Gasteiger partial charge in [0.05, 0.1) is 12.1 Å². The summed E-state index contributed by atoms with van der Waals surface area (Å²) in [5, 5.41) is 2.61. The number of hydrogen-bond donors (Lipinski definition) is 1. The number of carbonyl (C=O) groups is 2. The van der Waals surface area contributed by atoms with Crippen LogP contribution in [0.15, 0.2) is 0 Å². The van der Waals surface area contributed by atoms with Crippen LogP contribution >= 0.6 is 0 Å². The van der Waals surface area contributed by atoms with Gasteiger partial charge in [-0.1, -0.05) is 0 Å². The van der Waals surface area contributed by atoms with Gasteiger partial charge in [-0.15, -0.1) is 0 Å². The highest BCUT2D eigenvalue weighted by Gasteiger charge is 2.43. The zero-order valence-electron chi connectivity index (χ0n) is 11.2. The number of amides is 3. The molecule has 6 nitrogen and oxygen atoms in total. The summed E-state index contributed by atoms with van der Waals surface area (Å²) in [4.78, 5) is 27.0. The van der Waals surface area contributed by atoms with Gasteiger partial charge in [-0.25, -0.2) is 4.79 Å². The normalized spacial score (nSPS) is 30.8. The number of fused-ring (bicyclic) bond motifs is 1. The fourth-order valence-corrected chi connectivity index (χ4v) is 2.78. The summed E-state index contributed by atoms with van der Waals surface area (Å²) >= 11 is 0.